The van der Waals surface area contributed by atoms with Crippen LogP contribution < -0.4 is 14.8 Å². The number of anilines is 1. The number of ketones is 1. The first-order valence-electron chi connectivity index (χ1n) is 8.85. The van der Waals surface area contributed by atoms with Gasteiger partial charge in [-0.15, -0.1) is 0 Å². The Bertz CT molecular complexity index is 1030. The minimum absolute atomic E-state index is 0.0952. The number of benzene rings is 2. The normalized spacial score (nSPS) is 12.0. The number of ether oxygens (including phenoxy) is 2. The zero-order valence-corrected chi connectivity index (χ0v) is 15.2. The quantitative estimate of drug-likeness (QED) is 0.655. The highest BCUT2D eigenvalue weighted by atomic mass is 16.7. The minimum atomic E-state index is -0.249. The van der Waals surface area contributed by atoms with Crippen LogP contribution in [0.5, 0.6) is 11.5 Å². The van der Waals surface area contributed by atoms with Crippen molar-refractivity contribution in [2.45, 2.75) is 19.8 Å². The van der Waals surface area contributed by atoms with Crippen LogP contribution in [0.4, 0.5) is 5.69 Å². The zero-order chi connectivity index (χ0) is 19.5. The molecule has 2 aromatic carbocycles. The molecule has 1 aromatic heterocycles. The second-order valence-corrected chi connectivity index (χ2v) is 6.34. The third kappa shape index (κ3) is 3.73. The molecule has 7 heteroatoms. The lowest BCUT2D eigenvalue weighted by Crippen LogP contribution is -2.14. The second-order valence-electron chi connectivity index (χ2n) is 6.34. The van der Waals surface area contributed by atoms with Gasteiger partial charge in [-0.2, -0.15) is 0 Å². The first-order chi connectivity index (χ1) is 13.6. The molecular formula is C21H18N2O5. The molecule has 3 aromatic rings. The lowest BCUT2D eigenvalue weighted by molar-refractivity contribution is -0.116. The maximum atomic E-state index is 12.4. The molecule has 1 aliphatic heterocycles. The molecule has 4 rings (SSSR count). The molecule has 28 heavy (non-hydrogen) atoms. The summed E-state index contributed by atoms with van der Waals surface area (Å²) >= 11 is 0. The van der Waals surface area contributed by atoms with E-state index >= 15 is 0 Å². The Balaban J connectivity index is 1.42. The average Bonchev–Trinajstić information content (AvgIpc) is 3.35. The molecular weight excluding hydrogens is 360 g/mol. The van der Waals surface area contributed by atoms with Crippen LogP contribution in [0.3, 0.4) is 0 Å². The zero-order valence-electron chi connectivity index (χ0n) is 15.2. The Morgan fingerprint density at radius 2 is 1.86 bits per heavy atom. The van der Waals surface area contributed by atoms with E-state index in [4.69, 9.17) is 13.9 Å². The molecule has 0 fully saturated rings. The average molecular weight is 378 g/mol. The third-order valence-corrected chi connectivity index (χ3v) is 4.34. The summed E-state index contributed by atoms with van der Waals surface area (Å²) in [6.45, 7) is 1.53. The minimum Gasteiger partial charge on any atom is -0.454 e. The maximum Gasteiger partial charge on any atom is 0.231 e. The van der Waals surface area contributed by atoms with E-state index in [9.17, 15) is 9.59 Å². The van der Waals surface area contributed by atoms with Crippen molar-refractivity contribution < 1.29 is 23.5 Å². The van der Waals surface area contributed by atoms with Crippen LogP contribution in [0.15, 0.2) is 53.1 Å². The van der Waals surface area contributed by atoms with E-state index in [1.807, 2.05) is 30.3 Å². The number of aryl methyl sites for hydroxylation is 1. The SMILES string of the molecule is CC(=O)c1cc2c(cc1NC(=O)CCc1ncc(-c3ccccc3)o1)OCO2. The molecule has 0 saturated carbocycles. The number of oxazole rings is 1. The Morgan fingerprint density at radius 1 is 1.11 bits per heavy atom. The molecule has 2 heterocycles. The summed E-state index contributed by atoms with van der Waals surface area (Å²) < 4.78 is 16.3. The van der Waals surface area contributed by atoms with Crippen molar-refractivity contribution in [1.29, 1.82) is 0 Å². The number of hydrogen-bond donors (Lipinski definition) is 1. The third-order valence-electron chi connectivity index (χ3n) is 4.34. The van der Waals surface area contributed by atoms with E-state index in [1.54, 1.807) is 18.3 Å². The number of Topliss-reactive ketones (excluding diaryl/α,β-unsaturated/α-hetero) is 1. The van der Waals surface area contributed by atoms with Crippen LogP contribution in [-0.2, 0) is 11.2 Å². The predicted molar refractivity (Wildman–Crippen MR) is 101 cm³/mol. The number of carbonyl (C=O) groups is 2. The van der Waals surface area contributed by atoms with Crippen molar-refractivity contribution >= 4 is 17.4 Å². The van der Waals surface area contributed by atoms with Gasteiger partial charge in [0.15, 0.2) is 28.9 Å². The number of fused-ring (bicyclic) bond motifs is 1. The van der Waals surface area contributed by atoms with Gasteiger partial charge in [0.25, 0.3) is 0 Å². The van der Waals surface area contributed by atoms with Crippen molar-refractivity contribution in [3.05, 3.63) is 60.1 Å². The van der Waals surface area contributed by atoms with Gasteiger partial charge in [0.05, 0.1) is 11.9 Å². The van der Waals surface area contributed by atoms with Crippen LogP contribution >= 0.6 is 0 Å². The topological polar surface area (TPSA) is 90.7 Å². The van der Waals surface area contributed by atoms with E-state index in [1.165, 1.54) is 6.92 Å². The summed E-state index contributed by atoms with van der Waals surface area (Å²) in [5, 5.41) is 2.77. The molecule has 0 spiro atoms. The molecule has 0 radical (unpaired) electrons. The molecule has 0 bridgehead atoms. The summed E-state index contributed by atoms with van der Waals surface area (Å²) in [5.41, 5.74) is 1.70. The first kappa shape index (κ1) is 17.8. The number of nitrogens with zero attached hydrogens (tertiary/aromatic N) is 1. The molecule has 7 nitrogen and oxygen atoms in total. The molecule has 1 N–H and O–H groups in total. The Kier molecular flexibility index (Phi) is 4.80. The van der Waals surface area contributed by atoms with Gasteiger partial charge in [-0.1, -0.05) is 30.3 Å². The van der Waals surface area contributed by atoms with Crippen LogP contribution in [0.25, 0.3) is 11.3 Å². The predicted octanol–water partition coefficient (Wildman–Crippen LogP) is 3.84. The molecule has 1 aliphatic rings. The van der Waals surface area contributed by atoms with Gasteiger partial charge in [0, 0.05) is 30.0 Å². The number of aromatic nitrogens is 1. The van der Waals surface area contributed by atoms with Crippen molar-refractivity contribution in [2.24, 2.45) is 0 Å². The Hall–Kier alpha value is -3.61. The highest BCUT2D eigenvalue weighted by Crippen LogP contribution is 2.37. The second kappa shape index (κ2) is 7.56. The van der Waals surface area contributed by atoms with Crippen LogP contribution in [0.1, 0.15) is 29.6 Å². The van der Waals surface area contributed by atoms with Crippen molar-refractivity contribution in [2.75, 3.05) is 12.1 Å². The van der Waals surface area contributed by atoms with E-state index in [0.717, 1.165) is 5.56 Å². The highest BCUT2D eigenvalue weighted by molar-refractivity contribution is 6.04. The highest BCUT2D eigenvalue weighted by Gasteiger charge is 2.20. The van der Waals surface area contributed by atoms with Gasteiger partial charge >= 0.3 is 0 Å². The number of rotatable bonds is 6. The molecule has 0 aliphatic carbocycles. The summed E-state index contributed by atoms with van der Waals surface area (Å²) in [7, 11) is 0. The van der Waals surface area contributed by atoms with Gasteiger partial charge in [-0.3, -0.25) is 9.59 Å². The fourth-order valence-electron chi connectivity index (χ4n) is 2.93. The van der Waals surface area contributed by atoms with Gasteiger partial charge in [-0.25, -0.2) is 4.98 Å². The maximum absolute atomic E-state index is 12.4. The molecule has 142 valence electrons. The number of hydrogen-bond acceptors (Lipinski definition) is 6. The fraction of sp³-hybridized carbons (Fsp3) is 0.190. The van der Waals surface area contributed by atoms with E-state index in [2.05, 4.69) is 10.3 Å². The van der Waals surface area contributed by atoms with Gasteiger partial charge < -0.3 is 19.2 Å². The monoisotopic (exact) mass is 378 g/mol. The van der Waals surface area contributed by atoms with Crippen molar-refractivity contribution in [1.82, 2.24) is 4.98 Å². The van der Waals surface area contributed by atoms with E-state index < -0.39 is 0 Å². The number of carbonyl (C=O) groups excluding carboxylic acids is 2. The molecule has 0 unspecified atom stereocenters. The van der Waals surface area contributed by atoms with Crippen molar-refractivity contribution in [3.8, 4) is 22.8 Å². The van der Waals surface area contributed by atoms with Gasteiger partial charge in [-0.05, 0) is 13.0 Å². The molecule has 0 saturated heterocycles. The Morgan fingerprint density at radius 3 is 2.61 bits per heavy atom. The van der Waals surface area contributed by atoms with Crippen LogP contribution in [-0.4, -0.2) is 23.5 Å². The van der Waals surface area contributed by atoms with Crippen LogP contribution in [0.2, 0.25) is 0 Å². The summed E-state index contributed by atoms with van der Waals surface area (Å²) in [6, 6.07) is 12.8. The van der Waals surface area contributed by atoms with Gasteiger partial charge in [0.1, 0.15) is 0 Å². The lowest BCUT2D eigenvalue weighted by Gasteiger charge is -2.10. The molecule has 0 atom stereocenters. The Labute approximate surface area is 161 Å². The first-order valence-corrected chi connectivity index (χ1v) is 8.85. The molecule has 1 amide bonds. The number of nitrogens with one attached hydrogen (secondary N) is 1. The number of amides is 1. The summed E-state index contributed by atoms with van der Waals surface area (Å²) in [5.74, 6) is 1.71. The lowest BCUT2D eigenvalue weighted by atomic mass is 10.1. The summed E-state index contributed by atoms with van der Waals surface area (Å²) in [4.78, 5) is 28.5. The standard InChI is InChI=1S/C21H18N2O5/c1-13(24)15-9-17-18(27-12-26-17)10-16(15)23-20(25)7-8-21-22-11-19(28-21)14-5-3-2-4-6-14/h2-6,9-11H,7-8,12H2,1H3,(H,23,25). The van der Waals surface area contributed by atoms with E-state index in [0.29, 0.717) is 40.8 Å². The largest absolute Gasteiger partial charge is 0.454 e. The smallest absolute Gasteiger partial charge is 0.231 e. The fourth-order valence-corrected chi connectivity index (χ4v) is 2.93. The van der Waals surface area contributed by atoms with Gasteiger partial charge in [0.2, 0.25) is 12.7 Å². The van der Waals surface area contributed by atoms with E-state index in [-0.39, 0.29) is 24.9 Å². The van der Waals surface area contributed by atoms with Crippen LogP contribution in [0, 0.1) is 0 Å². The summed E-state index contributed by atoms with van der Waals surface area (Å²) in [6.07, 6.45) is 2.16. The van der Waals surface area contributed by atoms with Crippen molar-refractivity contribution in [3.63, 3.8) is 0 Å².